The van der Waals surface area contributed by atoms with Crippen molar-refractivity contribution in [2.45, 2.75) is 86.1 Å². The molecule has 174 valence electrons. The Labute approximate surface area is 185 Å². The van der Waals surface area contributed by atoms with Gasteiger partial charge in [-0.2, -0.15) is 11.8 Å². The summed E-state index contributed by atoms with van der Waals surface area (Å²) >= 11 is 1.78. The van der Waals surface area contributed by atoms with Crippen molar-refractivity contribution >= 4 is 26.5 Å². The molecule has 1 atom stereocenters. The first-order valence-corrected chi connectivity index (χ1v) is 14.6. The fraction of sp³-hybridized carbons (Fsp3) is 0.955. The molecular weight excluding hydrogens is 404 g/mol. The van der Waals surface area contributed by atoms with Gasteiger partial charge in [0, 0.05) is 31.6 Å². The van der Waals surface area contributed by atoms with E-state index in [2.05, 4.69) is 20.8 Å². The van der Waals surface area contributed by atoms with E-state index >= 15 is 0 Å². The van der Waals surface area contributed by atoms with E-state index in [1.807, 2.05) is 20.8 Å². The Balaban J connectivity index is 3.81. The summed E-state index contributed by atoms with van der Waals surface area (Å²) in [6.07, 6.45) is 6.20. The van der Waals surface area contributed by atoms with Crippen molar-refractivity contribution in [3.8, 4) is 0 Å². The summed E-state index contributed by atoms with van der Waals surface area (Å²) in [4.78, 5) is 11.9. The van der Waals surface area contributed by atoms with Gasteiger partial charge in [0.05, 0.1) is 13.0 Å². The largest absolute Gasteiger partial charge is 0.500 e. The normalized spacial score (nSPS) is 13.1. The van der Waals surface area contributed by atoms with Crippen LogP contribution in [0.4, 0.5) is 0 Å². The van der Waals surface area contributed by atoms with Crippen LogP contribution in [0, 0.1) is 11.8 Å². The van der Waals surface area contributed by atoms with Crippen LogP contribution >= 0.6 is 11.8 Å². The van der Waals surface area contributed by atoms with Crippen LogP contribution in [-0.4, -0.2) is 52.7 Å². The molecule has 0 saturated carbocycles. The Bertz CT molecular complexity index is 378. The smallest absolute Gasteiger partial charge is 0.466 e. The quantitative estimate of drug-likeness (QED) is 0.130. The number of thioether (sulfide) groups is 1. The summed E-state index contributed by atoms with van der Waals surface area (Å²) in [5.74, 6) is 3.10. The Morgan fingerprint density at radius 2 is 1.48 bits per heavy atom. The van der Waals surface area contributed by atoms with E-state index in [-0.39, 0.29) is 5.97 Å². The first-order valence-electron chi connectivity index (χ1n) is 11.5. The van der Waals surface area contributed by atoms with Gasteiger partial charge in [0.25, 0.3) is 0 Å². The van der Waals surface area contributed by atoms with E-state index in [0.29, 0.717) is 38.8 Å². The SMILES string of the molecule is CCO[Si](CCCSCCC(=O)OCCC(C)CCCC(C)C)(OCC)OCC. The highest BCUT2D eigenvalue weighted by molar-refractivity contribution is 7.99. The van der Waals surface area contributed by atoms with Crippen molar-refractivity contribution in [1.29, 1.82) is 0 Å². The van der Waals surface area contributed by atoms with Gasteiger partial charge in [0.2, 0.25) is 0 Å². The Kier molecular flexibility index (Phi) is 18.6. The third kappa shape index (κ3) is 16.3. The molecule has 0 radical (unpaired) electrons. The molecule has 0 amide bonds. The monoisotopic (exact) mass is 450 g/mol. The molecule has 5 nitrogen and oxygen atoms in total. The molecule has 0 aromatic carbocycles. The van der Waals surface area contributed by atoms with Crippen molar-refractivity contribution in [2.24, 2.45) is 11.8 Å². The predicted octanol–water partition coefficient (Wildman–Crippen LogP) is 5.94. The molecule has 0 bridgehead atoms. The molecule has 0 aromatic rings. The van der Waals surface area contributed by atoms with E-state index in [0.717, 1.165) is 36.3 Å². The minimum atomic E-state index is -2.53. The Morgan fingerprint density at radius 3 is 2.03 bits per heavy atom. The summed E-state index contributed by atoms with van der Waals surface area (Å²) in [5.41, 5.74) is 0. The van der Waals surface area contributed by atoms with Crippen LogP contribution < -0.4 is 0 Å². The molecule has 0 fully saturated rings. The molecule has 29 heavy (non-hydrogen) atoms. The molecule has 0 N–H and O–H groups in total. The molecule has 0 saturated heterocycles. The lowest BCUT2D eigenvalue weighted by atomic mass is 9.98. The van der Waals surface area contributed by atoms with Crippen molar-refractivity contribution < 1.29 is 22.8 Å². The van der Waals surface area contributed by atoms with Crippen LogP contribution in [0.15, 0.2) is 0 Å². The van der Waals surface area contributed by atoms with Gasteiger partial charge in [-0.1, -0.05) is 40.0 Å². The molecule has 0 rings (SSSR count). The first kappa shape index (κ1) is 28.9. The van der Waals surface area contributed by atoms with Crippen LogP contribution in [0.25, 0.3) is 0 Å². The Morgan fingerprint density at radius 1 is 0.862 bits per heavy atom. The number of carbonyl (C=O) groups excluding carboxylic acids is 1. The molecule has 0 aliphatic heterocycles. The zero-order valence-electron chi connectivity index (χ0n) is 19.8. The lowest BCUT2D eigenvalue weighted by molar-refractivity contribution is -0.143. The molecule has 1 unspecified atom stereocenters. The van der Waals surface area contributed by atoms with Gasteiger partial charge >= 0.3 is 14.8 Å². The second-order valence-electron chi connectivity index (χ2n) is 7.89. The van der Waals surface area contributed by atoms with Crippen LogP contribution in [0.5, 0.6) is 0 Å². The lowest BCUT2D eigenvalue weighted by Crippen LogP contribution is -2.46. The standard InChI is InChI=1S/C22H46O5SSi/c1-7-25-29(26-8-2,27-9-3)19-11-17-28-18-15-22(23)24-16-14-21(6)13-10-12-20(4)5/h20-21H,7-19H2,1-6H3. The van der Waals surface area contributed by atoms with Crippen LogP contribution in [-0.2, 0) is 22.8 Å². The van der Waals surface area contributed by atoms with Crippen LogP contribution in [0.3, 0.4) is 0 Å². The van der Waals surface area contributed by atoms with Gasteiger partial charge in [-0.15, -0.1) is 0 Å². The maximum atomic E-state index is 11.9. The maximum Gasteiger partial charge on any atom is 0.500 e. The molecule has 0 aliphatic rings. The predicted molar refractivity (Wildman–Crippen MR) is 125 cm³/mol. The van der Waals surface area contributed by atoms with Crippen molar-refractivity contribution in [3.05, 3.63) is 0 Å². The van der Waals surface area contributed by atoms with Gasteiger partial charge in [0.1, 0.15) is 0 Å². The minimum Gasteiger partial charge on any atom is -0.466 e. The molecule has 0 aromatic heterocycles. The highest BCUT2D eigenvalue weighted by atomic mass is 32.2. The topological polar surface area (TPSA) is 54.0 Å². The van der Waals surface area contributed by atoms with E-state index in [9.17, 15) is 4.79 Å². The van der Waals surface area contributed by atoms with Gasteiger partial charge in [0.15, 0.2) is 0 Å². The molecule has 0 heterocycles. The number of hydrogen-bond acceptors (Lipinski definition) is 6. The summed E-state index contributed by atoms with van der Waals surface area (Å²) in [6.45, 7) is 15.1. The average molecular weight is 451 g/mol. The van der Waals surface area contributed by atoms with Crippen molar-refractivity contribution in [1.82, 2.24) is 0 Å². The average Bonchev–Trinajstić information content (AvgIpc) is 2.65. The number of hydrogen-bond donors (Lipinski definition) is 0. The molecule has 0 aliphatic carbocycles. The van der Waals surface area contributed by atoms with Gasteiger partial charge in [-0.05, 0) is 51.2 Å². The van der Waals surface area contributed by atoms with Crippen molar-refractivity contribution in [2.75, 3.05) is 37.9 Å². The molecule has 0 spiro atoms. The summed E-state index contributed by atoms with van der Waals surface area (Å²) in [5, 5.41) is 0. The number of rotatable bonds is 20. The number of esters is 1. The number of ether oxygens (including phenoxy) is 1. The summed E-state index contributed by atoms with van der Waals surface area (Å²) in [6, 6.07) is 0.828. The molecule has 7 heteroatoms. The zero-order valence-corrected chi connectivity index (χ0v) is 21.6. The highest BCUT2D eigenvalue weighted by Gasteiger charge is 2.39. The maximum absolute atomic E-state index is 11.9. The van der Waals surface area contributed by atoms with E-state index in [1.54, 1.807) is 11.8 Å². The minimum absolute atomic E-state index is 0.0754. The summed E-state index contributed by atoms with van der Waals surface area (Å²) in [7, 11) is -2.53. The zero-order chi connectivity index (χ0) is 22.0. The highest BCUT2D eigenvalue weighted by Crippen LogP contribution is 2.20. The van der Waals surface area contributed by atoms with Gasteiger partial charge in [-0.25, -0.2) is 0 Å². The van der Waals surface area contributed by atoms with E-state index in [1.165, 1.54) is 19.3 Å². The summed E-state index contributed by atoms with van der Waals surface area (Å²) < 4.78 is 23.0. The second kappa shape index (κ2) is 18.7. The van der Waals surface area contributed by atoms with Crippen molar-refractivity contribution in [3.63, 3.8) is 0 Å². The third-order valence-corrected chi connectivity index (χ3v) is 8.89. The van der Waals surface area contributed by atoms with Crippen LogP contribution in [0.2, 0.25) is 6.04 Å². The lowest BCUT2D eigenvalue weighted by Gasteiger charge is -2.28. The first-order chi connectivity index (χ1) is 13.9. The van der Waals surface area contributed by atoms with Gasteiger partial charge in [-0.3, -0.25) is 4.79 Å². The fourth-order valence-electron chi connectivity index (χ4n) is 3.11. The van der Waals surface area contributed by atoms with E-state index in [4.69, 9.17) is 18.0 Å². The van der Waals surface area contributed by atoms with Crippen LogP contribution in [0.1, 0.15) is 80.1 Å². The van der Waals surface area contributed by atoms with E-state index < -0.39 is 8.80 Å². The Hall–Kier alpha value is -0.0831. The second-order valence-corrected chi connectivity index (χ2v) is 11.8. The third-order valence-electron chi connectivity index (χ3n) is 4.67. The molecular formula is C22H46O5SSi. The fourth-order valence-corrected chi connectivity index (χ4v) is 6.85. The van der Waals surface area contributed by atoms with Gasteiger partial charge < -0.3 is 18.0 Å². The number of carbonyl (C=O) groups is 1.